The fourth-order valence-corrected chi connectivity index (χ4v) is 2.49. The Balaban J connectivity index is 1.71. The highest BCUT2D eigenvalue weighted by atomic mass is 32.1. The molecule has 1 fully saturated rings. The second-order valence-electron chi connectivity index (χ2n) is 5.08. The molecule has 3 N–H and O–H groups in total. The number of hydrogen-bond donors (Lipinski definition) is 3. The summed E-state index contributed by atoms with van der Waals surface area (Å²) in [6.07, 6.45) is 1.96. The molecule has 0 aromatic carbocycles. The van der Waals surface area contributed by atoms with Crippen molar-refractivity contribution >= 4 is 23.2 Å². The number of carbonyl (C=O) groups is 2. The normalized spacial score (nSPS) is 17.6. The van der Waals surface area contributed by atoms with E-state index in [1.165, 1.54) is 11.3 Å². The zero-order chi connectivity index (χ0) is 13.9. The number of thiophene rings is 1. The van der Waals surface area contributed by atoms with Crippen LogP contribution in [-0.2, 0) is 16.1 Å². The third-order valence-electron chi connectivity index (χ3n) is 3.27. The Morgan fingerprint density at radius 2 is 2.11 bits per heavy atom. The molecule has 6 heteroatoms. The smallest absolute Gasteiger partial charge is 0.309 e. The van der Waals surface area contributed by atoms with E-state index in [1.807, 2.05) is 17.5 Å². The van der Waals surface area contributed by atoms with Crippen molar-refractivity contribution in [2.45, 2.75) is 31.9 Å². The first-order chi connectivity index (χ1) is 8.99. The predicted molar refractivity (Wildman–Crippen MR) is 72.5 cm³/mol. The van der Waals surface area contributed by atoms with E-state index in [9.17, 15) is 14.7 Å². The molecule has 0 aliphatic heterocycles. The molecule has 1 aromatic heterocycles. The molecule has 1 heterocycles. The van der Waals surface area contributed by atoms with Crippen molar-refractivity contribution in [3.8, 4) is 0 Å². The van der Waals surface area contributed by atoms with E-state index in [-0.39, 0.29) is 12.5 Å². The van der Waals surface area contributed by atoms with Gasteiger partial charge in [0.1, 0.15) is 0 Å². The molecule has 0 saturated heterocycles. The van der Waals surface area contributed by atoms with E-state index >= 15 is 0 Å². The molecule has 19 heavy (non-hydrogen) atoms. The minimum atomic E-state index is -0.913. The van der Waals surface area contributed by atoms with Crippen LogP contribution in [0.25, 0.3) is 0 Å². The quantitative estimate of drug-likeness (QED) is 0.694. The zero-order valence-electron chi connectivity index (χ0n) is 10.8. The van der Waals surface area contributed by atoms with Crippen LogP contribution in [0.15, 0.2) is 17.5 Å². The molecule has 1 atom stereocenters. The summed E-state index contributed by atoms with van der Waals surface area (Å²) >= 11 is 1.52. The van der Waals surface area contributed by atoms with Crippen LogP contribution in [0.1, 0.15) is 24.6 Å². The predicted octanol–water partition coefficient (Wildman–Crippen LogP) is 0.641. The lowest BCUT2D eigenvalue weighted by molar-refractivity contribution is -0.139. The molecule has 104 valence electrons. The Morgan fingerprint density at radius 1 is 1.42 bits per heavy atom. The van der Waals surface area contributed by atoms with Gasteiger partial charge in [0, 0.05) is 11.4 Å². The van der Waals surface area contributed by atoms with Gasteiger partial charge in [-0.3, -0.25) is 9.59 Å². The third kappa shape index (κ3) is 4.04. The van der Waals surface area contributed by atoms with Crippen LogP contribution in [-0.4, -0.2) is 29.1 Å². The highest BCUT2D eigenvalue weighted by Gasteiger charge is 2.40. The van der Waals surface area contributed by atoms with Crippen molar-refractivity contribution in [2.75, 3.05) is 6.54 Å². The number of nitrogens with one attached hydrogen (secondary N) is 2. The fourth-order valence-electron chi connectivity index (χ4n) is 1.85. The maximum absolute atomic E-state index is 11.6. The topological polar surface area (TPSA) is 78.4 Å². The Bertz CT molecular complexity index is 452. The van der Waals surface area contributed by atoms with Crippen molar-refractivity contribution in [2.24, 2.45) is 5.92 Å². The summed E-state index contributed by atoms with van der Waals surface area (Å²) in [5.41, 5.74) is -0.913. The van der Waals surface area contributed by atoms with Gasteiger partial charge in [0.05, 0.1) is 12.1 Å². The van der Waals surface area contributed by atoms with Gasteiger partial charge in [0.15, 0.2) is 0 Å². The lowest BCUT2D eigenvalue weighted by Crippen LogP contribution is -2.47. The Labute approximate surface area is 116 Å². The van der Waals surface area contributed by atoms with Crippen LogP contribution in [0.2, 0.25) is 0 Å². The first kappa shape index (κ1) is 14.0. The van der Waals surface area contributed by atoms with Gasteiger partial charge in [-0.25, -0.2) is 0 Å². The summed E-state index contributed by atoms with van der Waals surface area (Å²) in [6, 6.07) is 3.78. The van der Waals surface area contributed by atoms with Gasteiger partial charge in [-0.1, -0.05) is 6.07 Å². The fraction of sp³-hybridized carbons (Fsp3) is 0.538. The first-order valence-corrected chi connectivity index (χ1v) is 7.18. The molecule has 0 bridgehead atoms. The van der Waals surface area contributed by atoms with Crippen LogP contribution in [0.4, 0.5) is 0 Å². The van der Waals surface area contributed by atoms with E-state index in [0.717, 1.165) is 17.7 Å². The number of hydrogen-bond acceptors (Lipinski definition) is 4. The molecule has 1 aliphatic carbocycles. The number of aliphatic hydroxyl groups is 1. The summed E-state index contributed by atoms with van der Waals surface area (Å²) in [7, 11) is 0. The highest BCUT2D eigenvalue weighted by molar-refractivity contribution is 7.09. The largest absolute Gasteiger partial charge is 0.388 e. The van der Waals surface area contributed by atoms with Crippen molar-refractivity contribution in [3.63, 3.8) is 0 Å². The SMILES string of the molecule is C[C@](O)(CNC(=O)C(=O)NCc1cccs1)C1CC1. The number of amides is 2. The van der Waals surface area contributed by atoms with Gasteiger partial charge in [-0.2, -0.15) is 0 Å². The van der Waals surface area contributed by atoms with E-state index in [1.54, 1.807) is 6.92 Å². The van der Waals surface area contributed by atoms with Gasteiger partial charge < -0.3 is 15.7 Å². The highest BCUT2D eigenvalue weighted by Crippen LogP contribution is 2.38. The molecule has 0 spiro atoms. The van der Waals surface area contributed by atoms with Crippen molar-refractivity contribution in [1.29, 1.82) is 0 Å². The molecule has 1 aromatic rings. The van der Waals surface area contributed by atoms with E-state index in [2.05, 4.69) is 10.6 Å². The van der Waals surface area contributed by atoms with Gasteiger partial charge in [-0.15, -0.1) is 11.3 Å². The Hall–Kier alpha value is -1.40. The minimum Gasteiger partial charge on any atom is -0.388 e. The summed E-state index contributed by atoms with van der Waals surface area (Å²) < 4.78 is 0. The molecule has 1 saturated carbocycles. The van der Waals surface area contributed by atoms with Crippen LogP contribution in [0.5, 0.6) is 0 Å². The van der Waals surface area contributed by atoms with Gasteiger partial charge in [0.2, 0.25) is 0 Å². The average molecular weight is 282 g/mol. The number of rotatable bonds is 5. The summed E-state index contributed by atoms with van der Waals surface area (Å²) in [6.45, 7) is 2.15. The molecular weight excluding hydrogens is 264 g/mol. The summed E-state index contributed by atoms with van der Waals surface area (Å²) in [5, 5.41) is 17.0. The van der Waals surface area contributed by atoms with Crippen LogP contribution in [0.3, 0.4) is 0 Å². The van der Waals surface area contributed by atoms with Crippen molar-refractivity contribution < 1.29 is 14.7 Å². The van der Waals surface area contributed by atoms with Crippen molar-refractivity contribution in [1.82, 2.24) is 10.6 Å². The van der Waals surface area contributed by atoms with Gasteiger partial charge in [0.25, 0.3) is 0 Å². The standard InChI is InChI=1S/C13H18N2O3S/c1-13(18,9-4-5-9)8-15-12(17)11(16)14-7-10-3-2-6-19-10/h2-3,6,9,18H,4-5,7-8H2,1H3,(H,14,16)(H,15,17)/t13-/m0/s1. The molecular formula is C13H18N2O3S. The lowest BCUT2D eigenvalue weighted by atomic mass is 10.0. The summed E-state index contributed by atoms with van der Waals surface area (Å²) in [4.78, 5) is 24.1. The van der Waals surface area contributed by atoms with Gasteiger partial charge in [-0.05, 0) is 37.1 Å². The summed E-state index contributed by atoms with van der Waals surface area (Å²) in [5.74, 6) is -1.13. The Morgan fingerprint density at radius 3 is 2.68 bits per heavy atom. The monoisotopic (exact) mass is 282 g/mol. The molecule has 2 rings (SSSR count). The maximum atomic E-state index is 11.6. The third-order valence-corrected chi connectivity index (χ3v) is 4.15. The Kier molecular flexibility index (Phi) is 4.21. The van der Waals surface area contributed by atoms with E-state index in [0.29, 0.717) is 6.54 Å². The molecule has 1 aliphatic rings. The minimum absolute atomic E-state index is 0.114. The van der Waals surface area contributed by atoms with E-state index < -0.39 is 17.4 Å². The van der Waals surface area contributed by atoms with Crippen LogP contribution in [0, 0.1) is 5.92 Å². The van der Waals surface area contributed by atoms with Crippen LogP contribution < -0.4 is 10.6 Å². The average Bonchev–Trinajstić information content (AvgIpc) is 3.12. The molecule has 5 nitrogen and oxygen atoms in total. The van der Waals surface area contributed by atoms with E-state index in [4.69, 9.17) is 0 Å². The van der Waals surface area contributed by atoms with Gasteiger partial charge >= 0.3 is 11.8 Å². The van der Waals surface area contributed by atoms with Crippen molar-refractivity contribution in [3.05, 3.63) is 22.4 Å². The zero-order valence-corrected chi connectivity index (χ0v) is 11.6. The molecule has 2 amide bonds. The second kappa shape index (κ2) is 5.71. The molecule has 0 unspecified atom stereocenters. The first-order valence-electron chi connectivity index (χ1n) is 6.30. The lowest BCUT2D eigenvalue weighted by Gasteiger charge is -2.22. The molecule has 0 radical (unpaired) electrons. The van der Waals surface area contributed by atoms with Crippen LogP contribution >= 0.6 is 11.3 Å². The number of carbonyl (C=O) groups excluding carboxylic acids is 2. The second-order valence-corrected chi connectivity index (χ2v) is 6.11. The maximum Gasteiger partial charge on any atom is 0.309 e.